The van der Waals surface area contributed by atoms with Gasteiger partial charge in [-0.25, -0.2) is 0 Å². The molecule has 0 aliphatic heterocycles. The summed E-state index contributed by atoms with van der Waals surface area (Å²) in [5, 5.41) is 12.3. The molecule has 104 valence electrons. The minimum atomic E-state index is 0.331. The van der Waals surface area contributed by atoms with E-state index in [-0.39, 0.29) is 0 Å². The normalized spacial score (nSPS) is 12.7. The van der Waals surface area contributed by atoms with Crippen LogP contribution in [0.4, 0.5) is 0 Å². The summed E-state index contributed by atoms with van der Waals surface area (Å²) in [4.78, 5) is 2.36. The quantitative estimate of drug-likeness (QED) is 0.765. The van der Waals surface area contributed by atoms with Gasteiger partial charge in [0, 0.05) is 12.1 Å². The van der Waals surface area contributed by atoms with E-state index < -0.39 is 0 Å². The Morgan fingerprint density at radius 1 is 1.21 bits per heavy atom. The molecule has 0 radical (unpaired) electrons. The van der Waals surface area contributed by atoms with E-state index in [1.807, 2.05) is 24.3 Å². The second kappa shape index (κ2) is 7.93. The lowest BCUT2D eigenvalue weighted by molar-refractivity contribution is 0.268. The standard InChI is InChI=1S/C16H25N3/c1-13(2)19(4)11-5-10-18-14(3)16-8-6-15(12-17)7-9-16/h6-9,13-14,18H,5,10-11H2,1-4H3. The maximum atomic E-state index is 8.77. The SMILES string of the molecule is CC(NCCCN(C)C(C)C)c1ccc(C#N)cc1. The molecule has 0 fully saturated rings. The van der Waals surface area contributed by atoms with Crippen LogP contribution in [0.15, 0.2) is 24.3 Å². The van der Waals surface area contributed by atoms with Crippen LogP contribution in [0.25, 0.3) is 0 Å². The summed E-state index contributed by atoms with van der Waals surface area (Å²) >= 11 is 0. The van der Waals surface area contributed by atoms with Gasteiger partial charge in [0.05, 0.1) is 11.6 Å². The molecule has 0 saturated carbocycles. The lowest BCUT2D eigenvalue weighted by Gasteiger charge is -2.21. The van der Waals surface area contributed by atoms with Gasteiger partial charge in [-0.2, -0.15) is 5.26 Å². The summed E-state index contributed by atoms with van der Waals surface area (Å²) in [6, 6.07) is 10.9. The molecule has 1 rings (SSSR count). The first kappa shape index (κ1) is 15.7. The average molecular weight is 259 g/mol. The van der Waals surface area contributed by atoms with E-state index in [1.165, 1.54) is 5.56 Å². The molecule has 1 unspecified atom stereocenters. The molecule has 0 aromatic heterocycles. The Kier molecular flexibility index (Phi) is 6.55. The van der Waals surface area contributed by atoms with Crippen molar-refractivity contribution in [3.05, 3.63) is 35.4 Å². The molecule has 0 heterocycles. The Labute approximate surface area is 117 Å². The van der Waals surface area contributed by atoms with Gasteiger partial charge in [0.25, 0.3) is 0 Å². The van der Waals surface area contributed by atoms with Crippen LogP contribution in [0, 0.1) is 11.3 Å². The van der Waals surface area contributed by atoms with E-state index in [9.17, 15) is 0 Å². The van der Waals surface area contributed by atoms with Gasteiger partial charge in [-0.05, 0) is 65.0 Å². The smallest absolute Gasteiger partial charge is 0.0991 e. The second-order valence-corrected chi connectivity index (χ2v) is 5.34. The third-order valence-corrected chi connectivity index (χ3v) is 3.56. The Morgan fingerprint density at radius 3 is 2.37 bits per heavy atom. The van der Waals surface area contributed by atoms with Gasteiger partial charge in [-0.1, -0.05) is 12.1 Å². The molecule has 1 aromatic rings. The van der Waals surface area contributed by atoms with Crippen LogP contribution >= 0.6 is 0 Å². The maximum absolute atomic E-state index is 8.77. The van der Waals surface area contributed by atoms with Crippen molar-refractivity contribution in [3.63, 3.8) is 0 Å². The molecule has 0 spiro atoms. The summed E-state index contributed by atoms with van der Waals surface area (Å²) in [5.41, 5.74) is 1.95. The average Bonchev–Trinajstić information content (AvgIpc) is 2.43. The van der Waals surface area contributed by atoms with E-state index >= 15 is 0 Å². The Hall–Kier alpha value is -1.37. The van der Waals surface area contributed by atoms with E-state index in [1.54, 1.807) is 0 Å². The van der Waals surface area contributed by atoms with Crippen molar-refractivity contribution in [3.8, 4) is 6.07 Å². The van der Waals surface area contributed by atoms with E-state index in [0.29, 0.717) is 12.1 Å². The third kappa shape index (κ3) is 5.42. The zero-order valence-corrected chi connectivity index (χ0v) is 12.5. The number of hydrogen-bond acceptors (Lipinski definition) is 3. The van der Waals surface area contributed by atoms with Crippen LogP contribution in [0.2, 0.25) is 0 Å². The predicted octanol–water partition coefficient (Wildman–Crippen LogP) is 2.94. The molecule has 3 nitrogen and oxygen atoms in total. The predicted molar refractivity (Wildman–Crippen MR) is 80.0 cm³/mol. The van der Waals surface area contributed by atoms with Crippen molar-refractivity contribution in [1.29, 1.82) is 5.26 Å². The fourth-order valence-corrected chi connectivity index (χ4v) is 1.87. The first-order chi connectivity index (χ1) is 9.04. The number of rotatable bonds is 7. The van der Waals surface area contributed by atoms with Crippen LogP contribution in [-0.2, 0) is 0 Å². The van der Waals surface area contributed by atoms with Crippen molar-refractivity contribution in [2.75, 3.05) is 20.1 Å². The Balaban J connectivity index is 2.31. The van der Waals surface area contributed by atoms with Crippen LogP contribution in [-0.4, -0.2) is 31.1 Å². The summed E-state index contributed by atoms with van der Waals surface area (Å²) < 4.78 is 0. The van der Waals surface area contributed by atoms with E-state index in [2.05, 4.69) is 44.1 Å². The minimum Gasteiger partial charge on any atom is -0.310 e. The van der Waals surface area contributed by atoms with Crippen molar-refractivity contribution >= 4 is 0 Å². The number of hydrogen-bond donors (Lipinski definition) is 1. The zero-order valence-electron chi connectivity index (χ0n) is 12.5. The van der Waals surface area contributed by atoms with Crippen molar-refractivity contribution in [2.45, 2.75) is 39.3 Å². The van der Waals surface area contributed by atoms with Crippen molar-refractivity contribution < 1.29 is 0 Å². The lowest BCUT2D eigenvalue weighted by Crippen LogP contribution is -2.30. The molecule has 3 heteroatoms. The van der Waals surface area contributed by atoms with Crippen LogP contribution in [0.5, 0.6) is 0 Å². The van der Waals surface area contributed by atoms with Crippen LogP contribution < -0.4 is 5.32 Å². The fraction of sp³-hybridized carbons (Fsp3) is 0.562. The van der Waals surface area contributed by atoms with Crippen molar-refractivity contribution in [1.82, 2.24) is 10.2 Å². The molecule has 0 bridgehead atoms. The molecule has 0 saturated heterocycles. The first-order valence-electron chi connectivity index (χ1n) is 6.98. The molecule has 1 N–H and O–H groups in total. The third-order valence-electron chi connectivity index (χ3n) is 3.56. The zero-order chi connectivity index (χ0) is 14.3. The number of nitriles is 1. The summed E-state index contributed by atoms with van der Waals surface area (Å²) in [6.45, 7) is 8.72. The first-order valence-corrected chi connectivity index (χ1v) is 6.98. The van der Waals surface area contributed by atoms with Gasteiger partial charge in [0.15, 0.2) is 0 Å². The maximum Gasteiger partial charge on any atom is 0.0991 e. The number of benzene rings is 1. The summed E-state index contributed by atoms with van der Waals surface area (Å²) in [6.07, 6.45) is 1.15. The molecule has 0 aliphatic rings. The molecular weight excluding hydrogens is 234 g/mol. The minimum absolute atomic E-state index is 0.331. The molecule has 0 aliphatic carbocycles. The van der Waals surface area contributed by atoms with Gasteiger partial charge >= 0.3 is 0 Å². The van der Waals surface area contributed by atoms with Crippen LogP contribution in [0.1, 0.15) is 44.4 Å². The van der Waals surface area contributed by atoms with E-state index in [0.717, 1.165) is 25.1 Å². The van der Waals surface area contributed by atoms with Crippen LogP contribution in [0.3, 0.4) is 0 Å². The fourth-order valence-electron chi connectivity index (χ4n) is 1.87. The van der Waals surface area contributed by atoms with Gasteiger partial charge < -0.3 is 10.2 Å². The molecule has 0 amide bonds. The van der Waals surface area contributed by atoms with Gasteiger partial charge in [-0.15, -0.1) is 0 Å². The molecular formula is C16H25N3. The Bertz CT molecular complexity index is 403. The van der Waals surface area contributed by atoms with Gasteiger partial charge in [0.1, 0.15) is 0 Å². The number of nitrogens with zero attached hydrogens (tertiary/aromatic N) is 2. The van der Waals surface area contributed by atoms with Gasteiger partial charge in [-0.3, -0.25) is 0 Å². The summed E-state index contributed by atoms with van der Waals surface area (Å²) in [7, 11) is 2.16. The Morgan fingerprint density at radius 2 is 1.84 bits per heavy atom. The highest BCUT2D eigenvalue weighted by Gasteiger charge is 2.05. The second-order valence-electron chi connectivity index (χ2n) is 5.34. The monoisotopic (exact) mass is 259 g/mol. The number of nitrogens with one attached hydrogen (secondary N) is 1. The van der Waals surface area contributed by atoms with Crippen molar-refractivity contribution in [2.24, 2.45) is 0 Å². The highest BCUT2D eigenvalue weighted by Crippen LogP contribution is 2.12. The van der Waals surface area contributed by atoms with Gasteiger partial charge in [0.2, 0.25) is 0 Å². The largest absolute Gasteiger partial charge is 0.310 e. The molecule has 1 aromatic carbocycles. The highest BCUT2D eigenvalue weighted by molar-refractivity contribution is 5.32. The highest BCUT2D eigenvalue weighted by atomic mass is 15.1. The topological polar surface area (TPSA) is 39.1 Å². The molecule has 1 atom stereocenters. The lowest BCUT2D eigenvalue weighted by atomic mass is 10.1. The summed E-state index contributed by atoms with van der Waals surface area (Å²) in [5.74, 6) is 0. The molecule has 19 heavy (non-hydrogen) atoms. The van der Waals surface area contributed by atoms with E-state index in [4.69, 9.17) is 5.26 Å².